The minimum Gasteiger partial charge on any atom is -0.262 e. The monoisotopic (exact) mass is 417 g/mol. The van der Waals surface area contributed by atoms with Crippen molar-refractivity contribution in [3.63, 3.8) is 0 Å². The molecule has 11 heteroatoms. The molecular weight excluding hydrogens is 403 g/mol. The summed E-state index contributed by atoms with van der Waals surface area (Å²) in [5.74, 6) is 0.542. The van der Waals surface area contributed by atoms with E-state index in [1.54, 1.807) is 16.1 Å². The summed E-state index contributed by atoms with van der Waals surface area (Å²) in [5, 5.41) is 9.49. The van der Waals surface area contributed by atoms with Gasteiger partial charge in [-0.3, -0.25) is 4.68 Å². The Hall–Kier alpha value is -3.08. The molecule has 5 rings (SSSR count). The molecular formula is C18H14F3N7S. The molecule has 5 heterocycles. The van der Waals surface area contributed by atoms with Crippen LogP contribution >= 0.6 is 11.3 Å². The van der Waals surface area contributed by atoms with Gasteiger partial charge in [0, 0.05) is 11.6 Å². The van der Waals surface area contributed by atoms with Gasteiger partial charge >= 0.3 is 6.18 Å². The van der Waals surface area contributed by atoms with E-state index in [-0.39, 0.29) is 10.9 Å². The Kier molecular flexibility index (Phi) is 3.69. The van der Waals surface area contributed by atoms with Gasteiger partial charge in [-0.05, 0) is 38.5 Å². The SMILES string of the molecule is Cc1ccn(C(C)c2nc3c4sc5nc(C(F)(F)F)cc(C)c5c4ncn3n2)n1. The minimum atomic E-state index is -4.50. The predicted molar refractivity (Wildman–Crippen MR) is 102 cm³/mol. The summed E-state index contributed by atoms with van der Waals surface area (Å²) in [4.78, 5) is 13.2. The molecule has 0 fully saturated rings. The molecule has 7 nitrogen and oxygen atoms in total. The Bertz CT molecular complexity index is 1400. The van der Waals surface area contributed by atoms with Gasteiger partial charge in [-0.1, -0.05) is 0 Å². The smallest absolute Gasteiger partial charge is 0.262 e. The van der Waals surface area contributed by atoms with Crippen molar-refractivity contribution in [2.75, 3.05) is 0 Å². The maximum atomic E-state index is 13.2. The maximum absolute atomic E-state index is 13.2. The molecule has 29 heavy (non-hydrogen) atoms. The summed E-state index contributed by atoms with van der Waals surface area (Å²) in [6, 6.07) is 2.74. The summed E-state index contributed by atoms with van der Waals surface area (Å²) in [7, 11) is 0. The second kappa shape index (κ2) is 5.96. The molecule has 0 spiro atoms. The van der Waals surface area contributed by atoms with Crippen LogP contribution < -0.4 is 0 Å². The third-order valence-corrected chi connectivity index (χ3v) is 5.85. The quantitative estimate of drug-likeness (QED) is 0.428. The highest BCUT2D eigenvalue weighted by Gasteiger charge is 2.33. The van der Waals surface area contributed by atoms with E-state index in [9.17, 15) is 13.2 Å². The van der Waals surface area contributed by atoms with Crippen LogP contribution in [0.5, 0.6) is 0 Å². The lowest BCUT2D eigenvalue weighted by Crippen LogP contribution is -2.09. The molecule has 1 atom stereocenters. The second-order valence-corrected chi connectivity index (χ2v) is 7.88. The van der Waals surface area contributed by atoms with Crippen LogP contribution in [0.25, 0.3) is 26.1 Å². The van der Waals surface area contributed by atoms with Gasteiger partial charge in [0.15, 0.2) is 11.5 Å². The number of aryl methyl sites for hydroxylation is 2. The molecule has 0 saturated heterocycles. The number of pyridine rings is 1. The Balaban J connectivity index is 1.73. The standard InChI is InChI=1S/C18H14F3N7S/c1-8-6-11(18(19,20)21)23-17-12(8)13-14(29-17)16-24-15(26-28(16)7-22-13)10(3)27-5-4-9(2)25-27/h4-7,10H,1-3H3. The first-order valence-corrected chi connectivity index (χ1v) is 9.58. The number of fused-ring (bicyclic) bond motifs is 5. The molecule has 0 radical (unpaired) electrons. The molecule has 5 aromatic heterocycles. The number of hydrogen-bond acceptors (Lipinski definition) is 6. The number of alkyl halides is 3. The highest BCUT2D eigenvalue weighted by Crippen LogP contribution is 2.38. The Morgan fingerprint density at radius 3 is 2.62 bits per heavy atom. The zero-order valence-electron chi connectivity index (χ0n) is 15.6. The first kappa shape index (κ1) is 18.0. The summed E-state index contributed by atoms with van der Waals surface area (Å²) in [6.45, 7) is 5.46. The maximum Gasteiger partial charge on any atom is 0.433 e. The average Bonchev–Trinajstić information content (AvgIpc) is 3.35. The van der Waals surface area contributed by atoms with Crippen LogP contribution in [0, 0.1) is 13.8 Å². The Morgan fingerprint density at radius 2 is 1.93 bits per heavy atom. The van der Waals surface area contributed by atoms with Crippen LogP contribution in [-0.4, -0.2) is 34.3 Å². The fourth-order valence-electron chi connectivity index (χ4n) is 3.32. The van der Waals surface area contributed by atoms with Crippen molar-refractivity contribution >= 4 is 37.4 Å². The Labute approximate surface area is 165 Å². The average molecular weight is 417 g/mol. The van der Waals surface area contributed by atoms with Crippen LogP contribution in [0.4, 0.5) is 13.2 Å². The zero-order chi connectivity index (χ0) is 20.5. The van der Waals surface area contributed by atoms with Crippen LogP contribution in [0.1, 0.15) is 35.7 Å². The fraction of sp³-hybridized carbons (Fsp3) is 0.278. The van der Waals surface area contributed by atoms with Crippen molar-refractivity contribution in [3.8, 4) is 0 Å². The van der Waals surface area contributed by atoms with E-state index in [0.29, 0.717) is 32.6 Å². The van der Waals surface area contributed by atoms with Gasteiger partial charge in [0.2, 0.25) is 0 Å². The molecule has 0 amide bonds. The van der Waals surface area contributed by atoms with Crippen LogP contribution in [-0.2, 0) is 6.18 Å². The molecule has 0 bridgehead atoms. The van der Waals surface area contributed by atoms with Crippen molar-refractivity contribution in [1.82, 2.24) is 34.3 Å². The lowest BCUT2D eigenvalue weighted by molar-refractivity contribution is -0.141. The van der Waals surface area contributed by atoms with E-state index >= 15 is 0 Å². The number of aromatic nitrogens is 7. The number of rotatable bonds is 2. The van der Waals surface area contributed by atoms with Crippen molar-refractivity contribution < 1.29 is 13.2 Å². The van der Waals surface area contributed by atoms with E-state index < -0.39 is 11.9 Å². The van der Waals surface area contributed by atoms with Gasteiger partial charge < -0.3 is 0 Å². The summed E-state index contributed by atoms with van der Waals surface area (Å²) < 4.78 is 43.4. The second-order valence-electron chi connectivity index (χ2n) is 6.88. The first-order valence-electron chi connectivity index (χ1n) is 8.76. The minimum absolute atomic E-state index is 0.204. The predicted octanol–water partition coefficient (Wildman–Crippen LogP) is 4.33. The van der Waals surface area contributed by atoms with E-state index in [4.69, 9.17) is 0 Å². The highest BCUT2D eigenvalue weighted by atomic mass is 32.1. The molecule has 1 unspecified atom stereocenters. The van der Waals surface area contributed by atoms with Crippen LogP contribution in [0.3, 0.4) is 0 Å². The molecule has 148 valence electrons. The molecule has 0 aromatic carbocycles. The normalized spacial score (nSPS) is 13.7. The fourth-order valence-corrected chi connectivity index (χ4v) is 4.49. The van der Waals surface area contributed by atoms with Gasteiger partial charge in [0.25, 0.3) is 0 Å². The Morgan fingerprint density at radius 1 is 1.14 bits per heavy atom. The third kappa shape index (κ3) is 2.76. The number of hydrogen-bond donors (Lipinski definition) is 0. The summed E-state index contributed by atoms with van der Waals surface area (Å²) in [6.07, 6.45) is -1.12. The lowest BCUT2D eigenvalue weighted by atomic mass is 10.1. The molecule has 0 N–H and O–H groups in total. The zero-order valence-corrected chi connectivity index (χ0v) is 16.4. The molecule has 0 aliphatic heterocycles. The van der Waals surface area contributed by atoms with Gasteiger partial charge in [-0.15, -0.1) is 16.4 Å². The lowest BCUT2D eigenvalue weighted by Gasteiger charge is -2.06. The highest BCUT2D eigenvalue weighted by molar-refractivity contribution is 7.26. The van der Waals surface area contributed by atoms with Crippen molar-refractivity contribution in [2.45, 2.75) is 33.0 Å². The van der Waals surface area contributed by atoms with Crippen molar-refractivity contribution in [2.24, 2.45) is 0 Å². The number of thiophene rings is 1. The molecule has 0 aliphatic rings. The van der Waals surface area contributed by atoms with E-state index in [2.05, 4.69) is 25.1 Å². The van der Waals surface area contributed by atoms with E-state index in [1.807, 2.05) is 26.1 Å². The van der Waals surface area contributed by atoms with Gasteiger partial charge in [-0.2, -0.15) is 18.3 Å². The van der Waals surface area contributed by atoms with Crippen molar-refractivity contribution in [3.05, 3.63) is 47.4 Å². The number of halogens is 3. The molecule has 0 saturated carbocycles. The topological polar surface area (TPSA) is 73.8 Å². The van der Waals surface area contributed by atoms with E-state index in [1.165, 1.54) is 6.33 Å². The first-order chi connectivity index (χ1) is 13.7. The molecule has 5 aromatic rings. The summed E-state index contributed by atoms with van der Waals surface area (Å²) in [5.41, 5.74) is 1.58. The molecule has 0 aliphatic carbocycles. The van der Waals surface area contributed by atoms with E-state index in [0.717, 1.165) is 23.1 Å². The van der Waals surface area contributed by atoms with Gasteiger partial charge in [0.05, 0.1) is 11.2 Å². The summed E-state index contributed by atoms with van der Waals surface area (Å²) >= 11 is 1.14. The number of nitrogens with zero attached hydrogens (tertiary/aromatic N) is 7. The van der Waals surface area contributed by atoms with Gasteiger partial charge in [-0.25, -0.2) is 19.5 Å². The van der Waals surface area contributed by atoms with Gasteiger partial charge in [0.1, 0.15) is 27.6 Å². The van der Waals surface area contributed by atoms with Crippen LogP contribution in [0.15, 0.2) is 24.7 Å². The largest absolute Gasteiger partial charge is 0.433 e. The van der Waals surface area contributed by atoms with Crippen LogP contribution in [0.2, 0.25) is 0 Å². The third-order valence-electron chi connectivity index (χ3n) is 4.78. The van der Waals surface area contributed by atoms with Crippen molar-refractivity contribution in [1.29, 1.82) is 0 Å².